The summed E-state index contributed by atoms with van der Waals surface area (Å²) in [5.74, 6) is 0.624. The Labute approximate surface area is 106 Å². The number of hydrogen-bond acceptors (Lipinski definition) is 3. The van der Waals surface area contributed by atoms with Gasteiger partial charge in [-0.2, -0.15) is 0 Å². The van der Waals surface area contributed by atoms with Crippen molar-refractivity contribution in [3.63, 3.8) is 0 Å². The van der Waals surface area contributed by atoms with Gasteiger partial charge in [0.1, 0.15) is 0 Å². The molecule has 2 heterocycles. The minimum atomic E-state index is -0.0325. The summed E-state index contributed by atoms with van der Waals surface area (Å²) in [5.41, 5.74) is 6.00. The standard InChI is InChI=1S/C12H17ClN2O2/c13-11-10(4-8-17-11)12(16)15-6-2-9(1-5-14)3-7-15/h4,8-9H,1-3,5-7,14H2. The van der Waals surface area contributed by atoms with Crippen molar-refractivity contribution in [1.82, 2.24) is 4.90 Å². The van der Waals surface area contributed by atoms with Gasteiger partial charge >= 0.3 is 0 Å². The molecule has 1 aliphatic heterocycles. The summed E-state index contributed by atoms with van der Waals surface area (Å²) in [5, 5.41) is 0.180. The molecule has 0 saturated carbocycles. The van der Waals surface area contributed by atoms with E-state index in [1.165, 1.54) is 6.26 Å². The third-order valence-electron chi connectivity index (χ3n) is 3.33. The Balaban J connectivity index is 1.93. The molecule has 17 heavy (non-hydrogen) atoms. The number of halogens is 1. The van der Waals surface area contributed by atoms with Crippen molar-refractivity contribution >= 4 is 17.5 Å². The molecule has 0 aromatic carbocycles. The van der Waals surface area contributed by atoms with Crippen LogP contribution in [0.25, 0.3) is 0 Å². The fraction of sp³-hybridized carbons (Fsp3) is 0.583. The van der Waals surface area contributed by atoms with Crippen LogP contribution in [0.1, 0.15) is 29.6 Å². The molecule has 0 unspecified atom stereocenters. The number of hydrogen-bond donors (Lipinski definition) is 1. The molecule has 2 rings (SSSR count). The number of piperidine rings is 1. The van der Waals surface area contributed by atoms with Gasteiger partial charge in [0.25, 0.3) is 5.91 Å². The summed E-state index contributed by atoms with van der Waals surface area (Å²) in [6.45, 7) is 2.29. The Morgan fingerprint density at radius 2 is 2.24 bits per heavy atom. The van der Waals surface area contributed by atoms with Crippen LogP contribution in [0.15, 0.2) is 16.7 Å². The van der Waals surface area contributed by atoms with Gasteiger partial charge in [-0.1, -0.05) is 0 Å². The second-order valence-corrected chi connectivity index (χ2v) is 4.76. The van der Waals surface area contributed by atoms with Gasteiger partial charge in [-0.3, -0.25) is 4.79 Å². The van der Waals surface area contributed by atoms with Crippen molar-refractivity contribution in [2.24, 2.45) is 11.7 Å². The van der Waals surface area contributed by atoms with E-state index in [1.54, 1.807) is 6.07 Å². The van der Waals surface area contributed by atoms with E-state index in [1.807, 2.05) is 4.90 Å². The van der Waals surface area contributed by atoms with E-state index in [9.17, 15) is 4.79 Å². The fourth-order valence-corrected chi connectivity index (χ4v) is 2.47. The van der Waals surface area contributed by atoms with Crippen LogP contribution in [0, 0.1) is 5.92 Å². The van der Waals surface area contributed by atoms with Crippen molar-refractivity contribution < 1.29 is 9.21 Å². The maximum Gasteiger partial charge on any atom is 0.258 e. The lowest BCUT2D eigenvalue weighted by molar-refractivity contribution is 0.0687. The maximum absolute atomic E-state index is 12.1. The van der Waals surface area contributed by atoms with Crippen LogP contribution in [0.2, 0.25) is 5.22 Å². The first kappa shape index (κ1) is 12.5. The van der Waals surface area contributed by atoms with Crippen LogP contribution >= 0.6 is 11.6 Å². The van der Waals surface area contributed by atoms with E-state index < -0.39 is 0 Å². The summed E-state index contributed by atoms with van der Waals surface area (Å²) in [7, 11) is 0. The van der Waals surface area contributed by atoms with Crippen LogP contribution in [-0.2, 0) is 0 Å². The van der Waals surface area contributed by atoms with Gasteiger partial charge in [-0.25, -0.2) is 0 Å². The van der Waals surface area contributed by atoms with Crippen molar-refractivity contribution in [1.29, 1.82) is 0 Å². The van der Waals surface area contributed by atoms with Gasteiger partial charge in [0.05, 0.1) is 11.8 Å². The molecule has 0 radical (unpaired) electrons. The van der Waals surface area contributed by atoms with E-state index >= 15 is 0 Å². The largest absolute Gasteiger partial charge is 0.452 e. The number of amides is 1. The van der Waals surface area contributed by atoms with Crippen molar-refractivity contribution in [3.05, 3.63) is 23.1 Å². The number of nitrogens with zero attached hydrogens (tertiary/aromatic N) is 1. The zero-order valence-corrected chi connectivity index (χ0v) is 10.4. The summed E-state index contributed by atoms with van der Waals surface area (Å²) >= 11 is 5.80. The van der Waals surface area contributed by atoms with E-state index in [0.717, 1.165) is 38.9 Å². The van der Waals surface area contributed by atoms with Crippen molar-refractivity contribution in [2.75, 3.05) is 19.6 Å². The van der Waals surface area contributed by atoms with Crippen LogP contribution in [0.5, 0.6) is 0 Å². The highest BCUT2D eigenvalue weighted by molar-refractivity contribution is 6.32. The topological polar surface area (TPSA) is 59.5 Å². The molecular formula is C12H17ClN2O2. The third-order valence-corrected chi connectivity index (χ3v) is 3.62. The van der Waals surface area contributed by atoms with Gasteiger partial charge in [0.15, 0.2) is 0 Å². The Morgan fingerprint density at radius 1 is 1.53 bits per heavy atom. The molecule has 1 amide bonds. The second kappa shape index (κ2) is 5.56. The number of carbonyl (C=O) groups excluding carboxylic acids is 1. The first-order valence-corrected chi connectivity index (χ1v) is 6.32. The summed E-state index contributed by atoms with van der Waals surface area (Å²) in [4.78, 5) is 13.9. The Morgan fingerprint density at radius 3 is 2.76 bits per heavy atom. The van der Waals surface area contributed by atoms with Crippen LogP contribution in [0.3, 0.4) is 0 Å². The zero-order chi connectivity index (χ0) is 12.3. The van der Waals surface area contributed by atoms with Crippen LogP contribution < -0.4 is 5.73 Å². The lowest BCUT2D eigenvalue weighted by atomic mass is 9.93. The fourth-order valence-electron chi connectivity index (χ4n) is 2.28. The first-order chi connectivity index (χ1) is 8.22. The van der Waals surface area contributed by atoms with Gasteiger partial charge in [-0.15, -0.1) is 0 Å². The van der Waals surface area contributed by atoms with Crippen LogP contribution in [-0.4, -0.2) is 30.4 Å². The molecule has 0 bridgehead atoms. The number of likely N-dealkylation sites (tertiary alicyclic amines) is 1. The molecule has 4 nitrogen and oxygen atoms in total. The molecule has 2 N–H and O–H groups in total. The van der Waals surface area contributed by atoms with E-state index in [0.29, 0.717) is 11.5 Å². The number of furan rings is 1. The molecule has 94 valence electrons. The highest BCUT2D eigenvalue weighted by Crippen LogP contribution is 2.24. The van der Waals surface area contributed by atoms with E-state index in [4.69, 9.17) is 21.8 Å². The quantitative estimate of drug-likeness (QED) is 0.901. The van der Waals surface area contributed by atoms with E-state index in [-0.39, 0.29) is 11.1 Å². The number of nitrogens with two attached hydrogens (primary N) is 1. The Kier molecular flexibility index (Phi) is 4.07. The highest BCUT2D eigenvalue weighted by atomic mass is 35.5. The zero-order valence-electron chi connectivity index (χ0n) is 9.69. The molecule has 1 aliphatic rings. The summed E-state index contributed by atoms with van der Waals surface area (Å²) < 4.78 is 4.94. The summed E-state index contributed by atoms with van der Waals surface area (Å²) in [6.07, 6.45) is 4.54. The molecule has 1 aromatic rings. The van der Waals surface area contributed by atoms with E-state index in [2.05, 4.69) is 0 Å². The molecule has 0 spiro atoms. The average molecular weight is 257 g/mol. The monoisotopic (exact) mass is 256 g/mol. The van der Waals surface area contributed by atoms with Crippen LogP contribution in [0.4, 0.5) is 0 Å². The normalized spacial score (nSPS) is 17.4. The molecular weight excluding hydrogens is 240 g/mol. The first-order valence-electron chi connectivity index (χ1n) is 5.94. The maximum atomic E-state index is 12.1. The van der Waals surface area contributed by atoms with Gasteiger partial charge in [-0.05, 0) is 49.4 Å². The number of carbonyl (C=O) groups is 1. The molecule has 1 fully saturated rings. The lowest BCUT2D eigenvalue weighted by Gasteiger charge is -2.31. The SMILES string of the molecule is NCCC1CCN(C(=O)c2ccoc2Cl)CC1. The highest BCUT2D eigenvalue weighted by Gasteiger charge is 2.25. The Hall–Kier alpha value is -1.00. The molecule has 1 aromatic heterocycles. The molecule has 5 heteroatoms. The van der Waals surface area contributed by atoms with Gasteiger partial charge in [0.2, 0.25) is 5.22 Å². The average Bonchev–Trinajstić information content (AvgIpc) is 2.76. The second-order valence-electron chi connectivity index (χ2n) is 4.42. The molecule has 0 aliphatic carbocycles. The number of rotatable bonds is 3. The van der Waals surface area contributed by atoms with Gasteiger partial charge in [0, 0.05) is 13.1 Å². The lowest BCUT2D eigenvalue weighted by Crippen LogP contribution is -2.38. The predicted molar refractivity (Wildman–Crippen MR) is 66.0 cm³/mol. The van der Waals surface area contributed by atoms with Gasteiger partial charge < -0.3 is 15.1 Å². The smallest absolute Gasteiger partial charge is 0.258 e. The minimum Gasteiger partial charge on any atom is -0.452 e. The van der Waals surface area contributed by atoms with Crippen molar-refractivity contribution in [3.8, 4) is 0 Å². The summed E-state index contributed by atoms with van der Waals surface area (Å²) in [6, 6.07) is 1.62. The molecule has 1 saturated heterocycles. The third kappa shape index (κ3) is 2.82. The Bertz CT molecular complexity index is 384. The minimum absolute atomic E-state index is 0.0325. The predicted octanol–water partition coefficient (Wildman–Crippen LogP) is 2.13. The molecule has 0 atom stereocenters. The van der Waals surface area contributed by atoms with Crippen molar-refractivity contribution in [2.45, 2.75) is 19.3 Å².